The summed E-state index contributed by atoms with van der Waals surface area (Å²) in [4.78, 5) is 40.0. The van der Waals surface area contributed by atoms with Gasteiger partial charge in [0.25, 0.3) is 0 Å². The smallest absolute Gasteiger partial charge is 0.315 e. The van der Waals surface area contributed by atoms with Crippen LogP contribution in [0.2, 0.25) is 0 Å². The Morgan fingerprint density at radius 2 is 2.06 bits per heavy atom. The summed E-state index contributed by atoms with van der Waals surface area (Å²) < 4.78 is 10.6. The van der Waals surface area contributed by atoms with Crippen molar-refractivity contribution in [3.63, 3.8) is 0 Å². The van der Waals surface area contributed by atoms with Gasteiger partial charge in [0.05, 0.1) is 19.0 Å². The lowest BCUT2D eigenvalue weighted by Gasteiger charge is -2.25. The van der Waals surface area contributed by atoms with Crippen LogP contribution in [-0.2, 0) is 16.1 Å². The lowest BCUT2D eigenvalue weighted by atomic mass is 10.0. The molecule has 3 heterocycles. The van der Waals surface area contributed by atoms with E-state index >= 15 is 0 Å². The predicted octanol–water partition coefficient (Wildman–Crippen LogP) is 2.87. The number of ether oxygens (including phenoxy) is 2. The maximum absolute atomic E-state index is 13.0. The van der Waals surface area contributed by atoms with Gasteiger partial charge in [0.2, 0.25) is 12.7 Å². The second-order valence-corrected chi connectivity index (χ2v) is 8.80. The Morgan fingerprint density at radius 1 is 1.22 bits per heavy atom. The van der Waals surface area contributed by atoms with E-state index < -0.39 is 24.1 Å². The van der Waals surface area contributed by atoms with Crippen molar-refractivity contribution < 1.29 is 29.0 Å². The zero-order valence-corrected chi connectivity index (χ0v) is 18.2. The first-order valence-corrected chi connectivity index (χ1v) is 11.4. The molecular formula is C22H25N3O6S. The van der Waals surface area contributed by atoms with Crippen LogP contribution in [0.15, 0.2) is 35.7 Å². The number of thiophene rings is 1. The number of nitrogens with one attached hydrogen (secondary N) is 2. The number of benzene rings is 1. The van der Waals surface area contributed by atoms with Crippen molar-refractivity contribution in [2.24, 2.45) is 0 Å². The van der Waals surface area contributed by atoms with Gasteiger partial charge in [0.1, 0.15) is 6.04 Å². The van der Waals surface area contributed by atoms with Crippen LogP contribution in [0.1, 0.15) is 42.2 Å². The molecule has 10 heteroatoms. The third-order valence-corrected chi connectivity index (χ3v) is 6.36. The van der Waals surface area contributed by atoms with E-state index in [1.54, 1.807) is 34.4 Å². The molecular weight excluding hydrogens is 434 g/mol. The molecule has 32 heavy (non-hydrogen) atoms. The van der Waals surface area contributed by atoms with Crippen LogP contribution in [-0.4, -0.2) is 47.3 Å². The molecule has 2 aromatic rings. The van der Waals surface area contributed by atoms with Crippen molar-refractivity contribution in [2.75, 3.05) is 13.3 Å². The molecule has 2 aliphatic heterocycles. The summed E-state index contributed by atoms with van der Waals surface area (Å²) in [6.07, 6.45) is 1.92. The quantitative estimate of drug-likeness (QED) is 0.586. The SMILES string of the molecule is O=C(O)C[C@H](NC(=O)N[C@H]1CCCCN(Cc2cccs2)C1=O)c1ccc2c(c1)OCO2. The molecule has 0 spiro atoms. The number of urea groups is 1. The first kappa shape index (κ1) is 21.9. The Hall–Kier alpha value is -3.27. The first-order valence-electron chi connectivity index (χ1n) is 10.5. The summed E-state index contributed by atoms with van der Waals surface area (Å²) in [6.45, 7) is 1.27. The third kappa shape index (κ3) is 5.31. The third-order valence-electron chi connectivity index (χ3n) is 5.50. The van der Waals surface area contributed by atoms with E-state index in [0.29, 0.717) is 36.6 Å². The van der Waals surface area contributed by atoms with Gasteiger partial charge in [-0.3, -0.25) is 9.59 Å². The standard InChI is InChI=1S/C22H25N3O6S/c26-20(27)11-17(14-6-7-18-19(10-14)31-13-30-18)24-22(29)23-16-5-1-2-8-25(21(16)28)12-15-4-3-9-32-15/h3-4,6-7,9-10,16-17H,1-2,5,8,11-13H2,(H,26,27)(H2,23,24,29)/t16-,17-/m0/s1. The fourth-order valence-electron chi connectivity index (χ4n) is 3.90. The predicted molar refractivity (Wildman–Crippen MR) is 117 cm³/mol. The second kappa shape index (κ2) is 9.90. The van der Waals surface area contributed by atoms with Gasteiger partial charge in [-0.2, -0.15) is 0 Å². The number of likely N-dealkylation sites (tertiary alicyclic amines) is 1. The van der Waals surface area contributed by atoms with Crippen molar-refractivity contribution >= 4 is 29.2 Å². The number of fused-ring (bicyclic) bond motifs is 1. The summed E-state index contributed by atoms with van der Waals surface area (Å²) in [6, 6.07) is 6.96. The Kier molecular flexibility index (Phi) is 6.79. The molecule has 9 nitrogen and oxygen atoms in total. The lowest BCUT2D eigenvalue weighted by Crippen LogP contribution is -2.50. The van der Waals surface area contributed by atoms with Crippen molar-refractivity contribution in [2.45, 2.75) is 44.3 Å². The Morgan fingerprint density at radius 3 is 2.84 bits per heavy atom. The number of rotatable bonds is 7. The fraction of sp³-hybridized carbons (Fsp3) is 0.409. The van der Waals surface area contributed by atoms with Gasteiger partial charge < -0.3 is 30.1 Å². The topological polar surface area (TPSA) is 117 Å². The maximum Gasteiger partial charge on any atom is 0.315 e. The minimum Gasteiger partial charge on any atom is -0.481 e. The van der Waals surface area contributed by atoms with Crippen LogP contribution in [0.3, 0.4) is 0 Å². The van der Waals surface area contributed by atoms with Crippen molar-refractivity contribution in [3.05, 3.63) is 46.2 Å². The van der Waals surface area contributed by atoms with Gasteiger partial charge in [0.15, 0.2) is 11.5 Å². The van der Waals surface area contributed by atoms with Crippen molar-refractivity contribution in [1.82, 2.24) is 15.5 Å². The Bertz CT molecular complexity index is 980. The van der Waals surface area contributed by atoms with E-state index in [0.717, 1.165) is 17.7 Å². The molecule has 1 aromatic heterocycles. The minimum atomic E-state index is -1.05. The molecule has 0 saturated carbocycles. The zero-order valence-electron chi connectivity index (χ0n) is 17.4. The maximum atomic E-state index is 13.0. The molecule has 2 atom stereocenters. The number of carboxylic acid groups (broad SMARTS) is 1. The molecule has 4 rings (SSSR count). The molecule has 3 amide bonds. The Labute approximate surface area is 189 Å². The van der Waals surface area contributed by atoms with Crippen molar-refractivity contribution in [1.29, 1.82) is 0 Å². The van der Waals surface area contributed by atoms with E-state index in [4.69, 9.17) is 9.47 Å². The molecule has 2 aliphatic rings. The first-order chi connectivity index (χ1) is 15.5. The van der Waals surface area contributed by atoms with Crippen LogP contribution in [0, 0.1) is 0 Å². The monoisotopic (exact) mass is 459 g/mol. The number of nitrogens with zero attached hydrogens (tertiary/aromatic N) is 1. The molecule has 0 radical (unpaired) electrons. The van der Waals surface area contributed by atoms with Crippen LogP contribution in [0.4, 0.5) is 4.79 Å². The van der Waals surface area contributed by atoms with Gasteiger partial charge in [-0.05, 0) is 48.4 Å². The summed E-state index contributed by atoms with van der Waals surface area (Å²) >= 11 is 1.59. The minimum absolute atomic E-state index is 0.0993. The number of aliphatic carboxylic acids is 1. The summed E-state index contributed by atoms with van der Waals surface area (Å²) in [5, 5.41) is 16.8. The summed E-state index contributed by atoms with van der Waals surface area (Å²) in [5.74, 6) is -0.102. The van der Waals surface area contributed by atoms with Crippen LogP contribution < -0.4 is 20.1 Å². The molecule has 1 aromatic carbocycles. The highest BCUT2D eigenvalue weighted by molar-refractivity contribution is 7.09. The molecule has 1 saturated heterocycles. The number of amides is 3. The average molecular weight is 460 g/mol. The van der Waals surface area contributed by atoms with Crippen molar-refractivity contribution in [3.8, 4) is 11.5 Å². The molecule has 0 unspecified atom stereocenters. The molecule has 3 N–H and O–H groups in total. The van der Waals surface area contributed by atoms with Gasteiger partial charge in [-0.25, -0.2) is 4.79 Å². The number of carboxylic acids is 1. The average Bonchev–Trinajstić information content (AvgIpc) is 3.41. The molecule has 170 valence electrons. The van der Waals surface area contributed by atoms with Gasteiger partial charge in [-0.15, -0.1) is 11.3 Å². The normalized spacial score (nSPS) is 18.7. The summed E-state index contributed by atoms with van der Waals surface area (Å²) in [7, 11) is 0. The molecule has 0 bridgehead atoms. The largest absolute Gasteiger partial charge is 0.481 e. The van der Waals surface area contributed by atoms with Gasteiger partial charge in [-0.1, -0.05) is 12.1 Å². The van der Waals surface area contributed by atoms with E-state index in [1.807, 2.05) is 17.5 Å². The van der Waals surface area contributed by atoms with Gasteiger partial charge in [0, 0.05) is 11.4 Å². The van der Waals surface area contributed by atoms with Crippen LogP contribution >= 0.6 is 11.3 Å². The molecule has 1 fully saturated rings. The highest BCUT2D eigenvalue weighted by Gasteiger charge is 2.30. The van der Waals surface area contributed by atoms with Gasteiger partial charge >= 0.3 is 12.0 Å². The number of carbonyl (C=O) groups excluding carboxylic acids is 2. The van der Waals surface area contributed by atoms with E-state index in [2.05, 4.69) is 10.6 Å². The Balaban J connectivity index is 1.42. The number of carbonyl (C=O) groups is 3. The zero-order chi connectivity index (χ0) is 22.5. The highest BCUT2D eigenvalue weighted by atomic mass is 32.1. The molecule has 0 aliphatic carbocycles. The van der Waals surface area contributed by atoms with Crippen LogP contribution in [0.5, 0.6) is 11.5 Å². The number of hydrogen-bond acceptors (Lipinski definition) is 6. The van der Waals surface area contributed by atoms with E-state index in [-0.39, 0.29) is 19.1 Å². The highest BCUT2D eigenvalue weighted by Crippen LogP contribution is 2.34. The van der Waals surface area contributed by atoms with E-state index in [1.165, 1.54) is 0 Å². The second-order valence-electron chi connectivity index (χ2n) is 7.77. The number of hydrogen-bond donors (Lipinski definition) is 3. The van der Waals surface area contributed by atoms with E-state index in [9.17, 15) is 19.5 Å². The fourth-order valence-corrected chi connectivity index (χ4v) is 4.62. The summed E-state index contributed by atoms with van der Waals surface area (Å²) in [5.41, 5.74) is 0.582. The van der Waals surface area contributed by atoms with Crippen LogP contribution in [0.25, 0.3) is 0 Å². The lowest BCUT2D eigenvalue weighted by molar-refractivity contribution is -0.137.